The summed E-state index contributed by atoms with van der Waals surface area (Å²) in [5.74, 6) is 0.174. The molecule has 1 aromatic carbocycles. The normalized spacial score (nSPS) is 11.2. The molecule has 136 valence electrons. The Morgan fingerprint density at radius 2 is 2.00 bits per heavy atom. The maximum atomic E-state index is 12.9. The number of ketones is 1. The number of Topliss-reactive ketones (excluding diaryl/α,β-unsaturated/α-hetero) is 1. The quantitative estimate of drug-likeness (QED) is 0.242. The SMILES string of the molecule is Cn1c(SCC(=O)c2ccc(Cl)cc2)nc2scc(-c3cccs3)c2c1=O. The highest BCUT2D eigenvalue weighted by Gasteiger charge is 2.17. The van der Waals surface area contributed by atoms with E-state index in [9.17, 15) is 9.59 Å². The molecule has 0 aliphatic rings. The summed E-state index contributed by atoms with van der Waals surface area (Å²) < 4.78 is 1.52. The third-order valence-electron chi connectivity index (χ3n) is 4.06. The van der Waals surface area contributed by atoms with Crippen LogP contribution < -0.4 is 5.56 Å². The van der Waals surface area contributed by atoms with Gasteiger partial charge in [0, 0.05) is 33.5 Å². The molecule has 0 aliphatic carbocycles. The van der Waals surface area contributed by atoms with Gasteiger partial charge in [0.2, 0.25) is 0 Å². The smallest absolute Gasteiger partial charge is 0.263 e. The fourth-order valence-corrected chi connectivity index (χ4v) is 5.44. The summed E-state index contributed by atoms with van der Waals surface area (Å²) >= 11 is 10.2. The van der Waals surface area contributed by atoms with Crippen LogP contribution in [0.15, 0.2) is 57.1 Å². The molecule has 27 heavy (non-hydrogen) atoms. The Labute approximate surface area is 172 Å². The van der Waals surface area contributed by atoms with Crippen molar-refractivity contribution >= 4 is 62.0 Å². The highest BCUT2D eigenvalue weighted by Crippen LogP contribution is 2.34. The van der Waals surface area contributed by atoms with Crippen LogP contribution in [-0.2, 0) is 7.05 Å². The molecular formula is C19H13ClN2O2S3. The Balaban J connectivity index is 1.63. The predicted molar refractivity (Wildman–Crippen MR) is 115 cm³/mol. The van der Waals surface area contributed by atoms with Crippen molar-refractivity contribution in [1.29, 1.82) is 0 Å². The van der Waals surface area contributed by atoms with Crippen molar-refractivity contribution in [2.24, 2.45) is 7.05 Å². The summed E-state index contributed by atoms with van der Waals surface area (Å²) in [7, 11) is 1.69. The van der Waals surface area contributed by atoms with Crippen LogP contribution in [0.25, 0.3) is 20.7 Å². The van der Waals surface area contributed by atoms with Crippen LogP contribution in [0.5, 0.6) is 0 Å². The number of rotatable bonds is 5. The first-order valence-electron chi connectivity index (χ1n) is 7.98. The van der Waals surface area contributed by atoms with Gasteiger partial charge in [0.05, 0.1) is 11.1 Å². The number of nitrogens with zero attached hydrogens (tertiary/aromatic N) is 2. The minimum Gasteiger partial charge on any atom is -0.293 e. The first kappa shape index (κ1) is 18.4. The molecule has 3 heterocycles. The maximum absolute atomic E-state index is 12.9. The van der Waals surface area contributed by atoms with Crippen LogP contribution >= 0.6 is 46.0 Å². The highest BCUT2D eigenvalue weighted by molar-refractivity contribution is 7.99. The van der Waals surface area contributed by atoms with E-state index in [2.05, 4.69) is 4.98 Å². The van der Waals surface area contributed by atoms with Gasteiger partial charge in [0.15, 0.2) is 10.9 Å². The topological polar surface area (TPSA) is 52.0 Å². The molecule has 0 saturated heterocycles. The molecule has 0 aliphatic heterocycles. The van der Waals surface area contributed by atoms with E-state index in [0.29, 0.717) is 26.0 Å². The molecule has 0 bridgehead atoms. The summed E-state index contributed by atoms with van der Waals surface area (Å²) in [4.78, 5) is 31.6. The molecule has 0 amide bonds. The number of hydrogen-bond donors (Lipinski definition) is 0. The molecule has 0 atom stereocenters. The number of hydrogen-bond acceptors (Lipinski definition) is 6. The Kier molecular flexibility index (Phi) is 5.19. The standard InChI is InChI=1S/C19H13ClN2O2S3/c1-22-18(24)16-13(15-3-2-8-25-15)9-26-17(16)21-19(22)27-10-14(23)11-4-6-12(20)7-5-11/h2-9H,10H2,1H3. The predicted octanol–water partition coefficient (Wildman–Crippen LogP) is 5.35. The molecule has 4 aromatic rings. The van der Waals surface area contributed by atoms with Crippen molar-refractivity contribution in [2.45, 2.75) is 5.16 Å². The van der Waals surface area contributed by atoms with Gasteiger partial charge in [-0.05, 0) is 35.7 Å². The first-order chi connectivity index (χ1) is 13.0. The minimum absolute atomic E-state index is 0.0310. The van der Waals surface area contributed by atoms with E-state index in [1.165, 1.54) is 27.7 Å². The highest BCUT2D eigenvalue weighted by atomic mass is 35.5. The van der Waals surface area contributed by atoms with E-state index in [0.717, 1.165) is 10.4 Å². The summed E-state index contributed by atoms with van der Waals surface area (Å²) in [5, 5.41) is 5.72. The van der Waals surface area contributed by atoms with Crippen molar-refractivity contribution < 1.29 is 4.79 Å². The van der Waals surface area contributed by atoms with Crippen LogP contribution in [0.3, 0.4) is 0 Å². The Bertz CT molecular complexity index is 1180. The van der Waals surface area contributed by atoms with E-state index in [1.54, 1.807) is 42.6 Å². The van der Waals surface area contributed by atoms with Crippen molar-refractivity contribution in [3.8, 4) is 10.4 Å². The van der Waals surface area contributed by atoms with Crippen LogP contribution in [0.4, 0.5) is 0 Å². The van der Waals surface area contributed by atoms with E-state index in [4.69, 9.17) is 11.6 Å². The Morgan fingerprint density at radius 3 is 2.70 bits per heavy atom. The summed E-state index contributed by atoms with van der Waals surface area (Å²) in [5.41, 5.74) is 1.42. The lowest BCUT2D eigenvalue weighted by Crippen LogP contribution is -2.20. The van der Waals surface area contributed by atoms with Gasteiger partial charge < -0.3 is 0 Å². The zero-order chi connectivity index (χ0) is 19.0. The molecule has 0 unspecified atom stereocenters. The molecule has 8 heteroatoms. The van der Waals surface area contributed by atoms with Crippen LogP contribution in [0, 0.1) is 0 Å². The fourth-order valence-electron chi connectivity index (χ4n) is 2.64. The summed E-state index contributed by atoms with van der Waals surface area (Å²) in [6.45, 7) is 0. The molecule has 4 nitrogen and oxygen atoms in total. The lowest BCUT2D eigenvalue weighted by Gasteiger charge is -2.07. The van der Waals surface area contributed by atoms with Gasteiger partial charge in [0.25, 0.3) is 5.56 Å². The zero-order valence-corrected chi connectivity index (χ0v) is 17.3. The summed E-state index contributed by atoms with van der Waals surface area (Å²) in [6.07, 6.45) is 0. The fraction of sp³-hybridized carbons (Fsp3) is 0.105. The number of thiophene rings is 2. The van der Waals surface area contributed by atoms with Gasteiger partial charge in [-0.15, -0.1) is 22.7 Å². The van der Waals surface area contributed by atoms with Gasteiger partial charge in [-0.25, -0.2) is 4.98 Å². The Morgan fingerprint density at radius 1 is 1.22 bits per heavy atom. The van der Waals surface area contributed by atoms with Crippen LogP contribution in [0.1, 0.15) is 10.4 Å². The second-order valence-electron chi connectivity index (χ2n) is 5.78. The van der Waals surface area contributed by atoms with E-state index in [-0.39, 0.29) is 17.1 Å². The van der Waals surface area contributed by atoms with Crippen molar-refractivity contribution in [3.63, 3.8) is 0 Å². The number of benzene rings is 1. The third-order valence-corrected chi connectivity index (χ3v) is 7.12. The van der Waals surface area contributed by atoms with E-state index >= 15 is 0 Å². The van der Waals surface area contributed by atoms with Crippen LogP contribution in [-0.4, -0.2) is 21.1 Å². The lowest BCUT2D eigenvalue weighted by molar-refractivity contribution is 0.102. The number of thioether (sulfide) groups is 1. The van der Waals surface area contributed by atoms with Crippen molar-refractivity contribution in [2.75, 3.05) is 5.75 Å². The van der Waals surface area contributed by atoms with Crippen molar-refractivity contribution in [3.05, 3.63) is 68.1 Å². The van der Waals surface area contributed by atoms with Gasteiger partial charge in [-0.3, -0.25) is 14.2 Å². The summed E-state index contributed by atoms with van der Waals surface area (Å²) in [6, 6.07) is 10.8. The van der Waals surface area contributed by atoms with Gasteiger partial charge in [-0.1, -0.05) is 29.4 Å². The lowest BCUT2D eigenvalue weighted by atomic mass is 10.1. The molecule has 3 aromatic heterocycles. The molecule has 0 N–H and O–H groups in total. The average molecular weight is 433 g/mol. The molecule has 0 fully saturated rings. The third kappa shape index (κ3) is 3.60. The number of carbonyl (C=O) groups is 1. The first-order valence-corrected chi connectivity index (χ1v) is 11.1. The molecule has 4 rings (SSSR count). The number of fused-ring (bicyclic) bond motifs is 1. The van der Waals surface area contributed by atoms with E-state index in [1.807, 2.05) is 22.9 Å². The zero-order valence-electron chi connectivity index (χ0n) is 14.1. The average Bonchev–Trinajstić information content (AvgIpc) is 3.33. The minimum atomic E-state index is -0.0916. The van der Waals surface area contributed by atoms with Gasteiger partial charge in [0.1, 0.15) is 4.83 Å². The van der Waals surface area contributed by atoms with E-state index < -0.39 is 0 Å². The number of carbonyl (C=O) groups excluding carboxylic acids is 1. The van der Waals surface area contributed by atoms with Crippen molar-refractivity contribution in [1.82, 2.24) is 9.55 Å². The second-order valence-corrected chi connectivity index (χ2v) is 8.97. The monoisotopic (exact) mass is 432 g/mol. The van der Waals surface area contributed by atoms with Gasteiger partial charge >= 0.3 is 0 Å². The van der Waals surface area contributed by atoms with Gasteiger partial charge in [-0.2, -0.15) is 0 Å². The second kappa shape index (κ2) is 7.59. The maximum Gasteiger partial charge on any atom is 0.263 e. The van der Waals surface area contributed by atoms with Crippen LogP contribution in [0.2, 0.25) is 5.02 Å². The number of halogens is 1. The Hall–Kier alpha value is -1.93. The molecule has 0 spiro atoms. The molecule has 0 saturated carbocycles. The molecular weight excluding hydrogens is 420 g/mol. The molecule has 0 radical (unpaired) electrons. The number of aromatic nitrogens is 2. The largest absolute Gasteiger partial charge is 0.293 e.